The van der Waals surface area contributed by atoms with E-state index in [1.54, 1.807) is 31.8 Å². The lowest BCUT2D eigenvalue weighted by Crippen LogP contribution is -2.18. The SMILES string of the molecule is COc1ccc(C2CC2COc2nc(C)ncc2-c2ccc(=O)n(CCC#N)c2)nc1. The van der Waals surface area contributed by atoms with Gasteiger partial charge >= 0.3 is 0 Å². The summed E-state index contributed by atoms with van der Waals surface area (Å²) in [5, 5.41) is 8.82. The van der Waals surface area contributed by atoms with Crippen LogP contribution in [0.25, 0.3) is 11.1 Å². The molecule has 2 unspecified atom stereocenters. The van der Waals surface area contributed by atoms with Gasteiger partial charge in [0.2, 0.25) is 5.88 Å². The van der Waals surface area contributed by atoms with Gasteiger partial charge in [-0.2, -0.15) is 10.2 Å². The molecule has 0 aliphatic heterocycles. The summed E-state index contributed by atoms with van der Waals surface area (Å²) in [7, 11) is 1.63. The standard InChI is InChI=1S/C23H23N5O3/c1-15-25-12-20(16-4-7-22(29)28(13-16)9-3-8-24)23(27-15)31-14-17-10-19(17)21-6-5-18(30-2)11-26-21/h4-7,11-13,17,19H,3,9-10,14H2,1-2H3. The summed E-state index contributed by atoms with van der Waals surface area (Å²) in [4.78, 5) is 25.3. The molecule has 158 valence electrons. The topological polar surface area (TPSA) is 103 Å². The van der Waals surface area contributed by atoms with Crippen LogP contribution in [0.2, 0.25) is 0 Å². The Morgan fingerprint density at radius 1 is 1.23 bits per heavy atom. The normalized spacial score (nSPS) is 17.1. The van der Waals surface area contributed by atoms with Crippen LogP contribution >= 0.6 is 0 Å². The van der Waals surface area contributed by atoms with Crippen molar-refractivity contribution in [1.82, 2.24) is 19.5 Å². The predicted octanol–water partition coefficient (Wildman–Crippen LogP) is 3.11. The number of nitrogens with zero attached hydrogens (tertiary/aromatic N) is 5. The second-order valence-electron chi connectivity index (χ2n) is 7.53. The molecular formula is C23H23N5O3. The molecule has 0 spiro atoms. The minimum absolute atomic E-state index is 0.151. The molecule has 0 aromatic carbocycles. The molecule has 8 heteroatoms. The van der Waals surface area contributed by atoms with Crippen molar-refractivity contribution >= 4 is 0 Å². The highest BCUT2D eigenvalue weighted by Crippen LogP contribution is 2.47. The van der Waals surface area contributed by atoms with Crippen LogP contribution in [0.15, 0.2) is 47.7 Å². The molecule has 0 radical (unpaired) electrons. The second kappa shape index (κ2) is 8.96. The molecule has 3 aromatic heterocycles. The zero-order valence-corrected chi connectivity index (χ0v) is 17.5. The minimum atomic E-state index is -0.151. The van der Waals surface area contributed by atoms with Gasteiger partial charge in [0.05, 0.1) is 38.0 Å². The molecule has 1 aliphatic carbocycles. The van der Waals surface area contributed by atoms with Gasteiger partial charge in [-0.05, 0) is 31.5 Å². The van der Waals surface area contributed by atoms with E-state index in [2.05, 4.69) is 21.0 Å². The van der Waals surface area contributed by atoms with Crippen molar-refractivity contribution in [2.24, 2.45) is 5.92 Å². The maximum Gasteiger partial charge on any atom is 0.250 e. The number of rotatable bonds is 8. The third-order valence-corrected chi connectivity index (χ3v) is 5.36. The van der Waals surface area contributed by atoms with Gasteiger partial charge in [-0.25, -0.2) is 4.98 Å². The van der Waals surface area contributed by atoms with Crippen LogP contribution in [0.5, 0.6) is 11.6 Å². The molecule has 3 aromatic rings. The van der Waals surface area contributed by atoms with Gasteiger partial charge in [-0.3, -0.25) is 9.78 Å². The third-order valence-electron chi connectivity index (χ3n) is 5.36. The van der Waals surface area contributed by atoms with Crippen molar-refractivity contribution in [2.45, 2.75) is 32.2 Å². The summed E-state index contributed by atoms with van der Waals surface area (Å²) in [6.45, 7) is 2.67. The first-order valence-corrected chi connectivity index (χ1v) is 10.1. The van der Waals surface area contributed by atoms with Gasteiger partial charge in [-0.1, -0.05) is 0 Å². The second-order valence-corrected chi connectivity index (χ2v) is 7.53. The fraction of sp³-hybridized carbons (Fsp3) is 0.348. The average Bonchev–Trinajstić information content (AvgIpc) is 3.57. The first-order chi connectivity index (χ1) is 15.1. The maximum atomic E-state index is 12.1. The Labute approximate surface area is 180 Å². The fourth-order valence-corrected chi connectivity index (χ4v) is 3.50. The fourth-order valence-electron chi connectivity index (χ4n) is 3.50. The van der Waals surface area contributed by atoms with Gasteiger partial charge < -0.3 is 14.0 Å². The molecule has 8 nitrogen and oxygen atoms in total. The average molecular weight is 417 g/mol. The molecule has 0 bridgehead atoms. The van der Waals surface area contributed by atoms with Crippen LogP contribution < -0.4 is 15.0 Å². The summed E-state index contributed by atoms with van der Waals surface area (Å²) in [5.74, 6) is 2.58. The Balaban J connectivity index is 1.49. The van der Waals surface area contributed by atoms with Crippen molar-refractivity contribution < 1.29 is 9.47 Å². The van der Waals surface area contributed by atoms with Crippen molar-refractivity contribution in [1.29, 1.82) is 5.26 Å². The molecule has 1 saturated carbocycles. The summed E-state index contributed by atoms with van der Waals surface area (Å²) < 4.78 is 12.8. The Kier molecular flexibility index (Phi) is 5.94. The van der Waals surface area contributed by atoms with E-state index in [-0.39, 0.29) is 12.0 Å². The number of methoxy groups -OCH3 is 1. The van der Waals surface area contributed by atoms with Crippen molar-refractivity contribution in [2.75, 3.05) is 13.7 Å². The number of aromatic nitrogens is 4. The highest BCUT2D eigenvalue weighted by atomic mass is 16.5. The molecule has 0 amide bonds. The monoisotopic (exact) mass is 417 g/mol. The highest BCUT2D eigenvalue weighted by Gasteiger charge is 2.40. The van der Waals surface area contributed by atoms with Gasteiger partial charge in [0, 0.05) is 48.1 Å². The van der Waals surface area contributed by atoms with Gasteiger partial charge in [0.15, 0.2) is 0 Å². The van der Waals surface area contributed by atoms with Crippen LogP contribution in [0.3, 0.4) is 0 Å². The molecule has 3 heterocycles. The lowest BCUT2D eigenvalue weighted by Gasteiger charge is -2.12. The van der Waals surface area contributed by atoms with Crippen molar-refractivity contribution in [3.63, 3.8) is 0 Å². The Hall–Kier alpha value is -3.73. The van der Waals surface area contributed by atoms with Crippen molar-refractivity contribution in [3.05, 3.63) is 64.7 Å². The third kappa shape index (κ3) is 4.72. The van der Waals surface area contributed by atoms with E-state index in [1.165, 1.54) is 10.6 Å². The summed E-state index contributed by atoms with van der Waals surface area (Å²) in [6.07, 6.45) is 6.44. The van der Waals surface area contributed by atoms with Crippen LogP contribution in [0.1, 0.15) is 30.3 Å². The van der Waals surface area contributed by atoms with E-state index in [0.717, 1.165) is 29.0 Å². The molecular weight excluding hydrogens is 394 g/mol. The van der Waals surface area contributed by atoms with Gasteiger partial charge in [0.25, 0.3) is 5.56 Å². The smallest absolute Gasteiger partial charge is 0.250 e. The van der Waals surface area contributed by atoms with E-state index >= 15 is 0 Å². The lowest BCUT2D eigenvalue weighted by molar-refractivity contribution is 0.285. The molecule has 31 heavy (non-hydrogen) atoms. The quantitative estimate of drug-likeness (QED) is 0.555. The summed E-state index contributed by atoms with van der Waals surface area (Å²) in [6, 6.07) is 9.20. The Morgan fingerprint density at radius 3 is 2.84 bits per heavy atom. The summed E-state index contributed by atoms with van der Waals surface area (Å²) >= 11 is 0. The molecule has 0 saturated heterocycles. The molecule has 2 atom stereocenters. The molecule has 4 rings (SSSR count). The number of aryl methyl sites for hydroxylation is 2. The van der Waals surface area contributed by atoms with Crippen LogP contribution in [-0.4, -0.2) is 33.2 Å². The molecule has 0 N–H and O–H groups in total. The van der Waals surface area contributed by atoms with Gasteiger partial charge in [0.1, 0.15) is 11.6 Å². The van der Waals surface area contributed by atoms with Crippen LogP contribution in [0.4, 0.5) is 0 Å². The first kappa shape index (κ1) is 20.5. The summed E-state index contributed by atoms with van der Waals surface area (Å²) in [5.41, 5.74) is 2.38. The number of ether oxygens (including phenoxy) is 2. The zero-order chi connectivity index (χ0) is 21.8. The van der Waals surface area contributed by atoms with E-state index in [4.69, 9.17) is 14.7 Å². The first-order valence-electron chi connectivity index (χ1n) is 10.1. The number of pyridine rings is 2. The highest BCUT2D eigenvalue weighted by molar-refractivity contribution is 5.66. The predicted molar refractivity (Wildman–Crippen MR) is 114 cm³/mol. The zero-order valence-electron chi connectivity index (χ0n) is 17.5. The number of nitriles is 1. The largest absolute Gasteiger partial charge is 0.495 e. The van der Waals surface area contributed by atoms with Crippen molar-refractivity contribution in [3.8, 4) is 28.8 Å². The Bertz CT molecular complexity index is 1170. The van der Waals surface area contributed by atoms with E-state index in [1.807, 2.05) is 19.1 Å². The van der Waals surface area contributed by atoms with E-state index in [9.17, 15) is 4.79 Å². The Morgan fingerprint density at radius 2 is 2.10 bits per heavy atom. The van der Waals surface area contributed by atoms with Crippen LogP contribution in [0, 0.1) is 24.2 Å². The van der Waals surface area contributed by atoms with Crippen LogP contribution in [-0.2, 0) is 6.54 Å². The van der Waals surface area contributed by atoms with E-state index < -0.39 is 0 Å². The molecule has 1 aliphatic rings. The van der Waals surface area contributed by atoms with Gasteiger partial charge in [-0.15, -0.1) is 0 Å². The minimum Gasteiger partial charge on any atom is -0.495 e. The maximum absolute atomic E-state index is 12.1. The number of hydrogen-bond acceptors (Lipinski definition) is 7. The van der Waals surface area contributed by atoms with E-state index in [0.29, 0.717) is 36.7 Å². The number of hydrogen-bond donors (Lipinski definition) is 0. The molecule has 1 fully saturated rings. The lowest BCUT2D eigenvalue weighted by atomic mass is 10.1.